The maximum absolute atomic E-state index is 6.76. The lowest BCUT2D eigenvalue weighted by Crippen LogP contribution is -2.55. The second-order valence-electron chi connectivity index (χ2n) is 13.5. The number of nitrogens with zero attached hydrogens (tertiary/aromatic N) is 4. The zero-order valence-corrected chi connectivity index (χ0v) is 29.4. The monoisotopic (exact) mass is 690 g/mol. The first kappa shape index (κ1) is 33.1. The number of hydrogen-bond donors (Lipinski definition) is 0. The van der Waals surface area contributed by atoms with Crippen molar-refractivity contribution < 1.29 is 4.42 Å². The van der Waals surface area contributed by atoms with Gasteiger partial charge >= 0.3 is 0 Å². The molecule has 10 aromatic rings. The van der Waals surface area contributed by atoms with Crippen LogP contribution in [0.3, 0.4) is 0 Å². The lowest BCUT2D eigenvalue weighted by molar-refractivity contribution is 0.666. The Labute approximate surface area is 323 Å². The summed E-state index contributed by atoms with van der Waals surface area (Å²) in [6, 6.07) is 46.8. The highest BCUT2D eigenvalue weighted by Gasteiger charge is 2.19. The third-order valence-corrected chi connectivity index (χ3v) is 10.4. The second-order valence-corrected chi connectivity index (χ2v) is 13.5. The summed E-state index contributed by atoms with van der Waals surface area (Å²) in [7, 11) is 31.1. The molecule has 244 valence electrons. The van der Waals surface area contributed by atoms with Crippen LogP contribution in [-0.2, 0) is 0 Å². The number of aromatic nitrogens is 4. The first-order chi connectivity index (χ1) is 26.9. The van der Waals surface area contributed by atoms with Crippen molar-refractivity contribution in [2.45, 2.75) is 0 Å². The van der Waals surface area contributed by atoms with Gasteiger partial charge in [-0.05, 0) is 41.5 Å². The number of rotatable bonds is 5. The van der Waals surface area contributed by atoms with E-state index in [-0.39, 0.29) is 27.3 Å². The molecule has 0 bridgehead atoms. The van der Waals surface area contributed by atoms with Crippen molar-refractivity contribution in [3.05, 3.63) is 140 Å². The number of furan rings is 1. The van der Waals surface area contributed by atoms with E-state index in [9.17, 15) is 0 Å². The molecule has 0 saturated carbocycles. The highest BCUT2D eigenvalue weighted by atomic mass is 16.3. The van der Waals surface area contributed by atoms with Crippen molar-refractivity contribution in [3.63, 3.8) is 0 Å². The topological polar surface area (TPSA) is 56.7 Å². The molecule has 0 amide bonds. The van der Waals surface area contributed by atoms with Crippen molar-refractivity contribution in [3.8, 4) is 51.0 Å². The molecule has 10 heteroatoms. The van der Waals surface area contributed by atoms with Crippen molar-refractivity contribution in [2.75, 3.05) is 0 Å². The van der Waals surface area contributed by atoms with E-state index in [1.807, 2.05) is 66.7 Å². The lowest BCUT2D eigenvalue weighted by atomic mass is 9.59. The van der Waals surface area contributed by atoms with Gasteiger partial charge in [-0.25, -0.2) is 15.0 Å². The molecule has 0 unspecified atom stereocenters. The van der Waals surface area contributed by atoms with Crippen LogP contribution in [0.5, 0.6) is 0 Å². The Morgan fingerprint density at radius 1 is 0.400 bits per heavy atom. The Bertz CT molecular complexity index is 3070. The van der Waals surface area contributed by atoms with Gasteiger partial charge in [0, 0.05) is 38.2 Å². The average Bonchev–Trinajstić information content (AvgIpc) is 3.78. The first-order valence-corrected chi connectivity index (χ1v) is 17.7. The van der Waals surface area contributed by atoms with Gasteiger partial charge in [0.05, 0.1) is 16.7 Å². The van der Waals surface area contributed by atoms with Crippen LogP contribution in [0.4, 0.5) is 0 Å². The van der Waals surface area contributed by atoms with Crippen LogP contribution >= 0.6 is 0 Å². The van der Waals surface area contributed by atoms with E-state index < -0.39 is 0 Å². The third kappa shape index (κ3) is 5.27. The van der Waals surface area contributed by atoms with Gasteiger partial charge in [-0.2, -0.15) is 0 Å². The molecule has 0 aliphatic rings. The van der Waals surface area contributed by atoms with Crippen LogP contribution in [0.25, 0.3) is 94.7 Å². The minimum Gasteiger partial charge on any atom is -0.454 e. The normalized spacial score (nSPS) is 11.6. The van der Waals surface area contributed by atoms with Crippen molar-refractivity contribution in [1.82, 2.24) is 19.5 Å². The van der Waals surface area contributed by atoms with Gasteiger partial charge in [-0.1, -0.05) is 120 Å². The number of para-hydroxylation sites is 3. The van der Waals surface area contributed by atoms with E-state index in [4.69, 9.17) is 58.6 Å². The summed E-state index contributed by atoms with van der Waals surface area (Å²) in [4.78, 5) is 14.9. The summed E-state index contributed by atoms with van der Waals surface area (Å²) < 4.78 is 9.04. The van der Waals surface area contributed by atoms with Crippen LogP contribution in [0.2, 0.25) is 0 Å². The largest absolute Gasteiger partial charge is 0.454 e. The van der Waals surface area contributed by atoms with Gasteiger partial charge < -0.3 is 8.98 Å². The van der Waals surface area contributed by atoms with Crippen LogP contribution in [0.15, 0.2) is 144 Å². The zero-order valence-electron chi connectivity index (χ0n) is 29.4. The quantitative estimate of drug-likeness (QED) is 0.224. The highest BCUT2D eigenvalue weighted by Crippen LogP contribution is 2.39. The van der Waals surface area contributed by atoms with E-state index in [0.29, 0.717) is 23.0 Å². The molecule has 3 aromatic heterocycles. The van der Waals surface area contributed by atoms with Crippen molar-refractivity contribution in [1.29, 1.82) is 0 Å². The molecule has 0 atom stereocenters. The number of fused-ring (bicyclic) bond motifs is 6. The first-order valence-electron chi connectivity index (χ1n) is 17.7. The van der Waals surface area contributed by atoms with Gasteiger partial charge in [0.25, 0.3) is 0 Å². The smallest absolute Gasteiger partial charge is 0.164 e. The maximum atomic E-state index is 6.76. The summed E-state index contributed by atoms with van der Waals surface area (Å²) in [6.07, 6.45) is 0. The Morgan fingerprint density at radius 2 is 0.891 bits per heavy atom. The average molecular weight is 690 g/mol. The van der Waals surface area contributed by atoms with Crippen LogP contribution in [0.1, 0.15) is 0 Å². The molecule has 7 aromatic carbocycles. The molecule has 0 fully saturated rings. The summed E-state index contributed by atoms with van der Waals surface area (Å²) >= 11 is 0. The van der Waals surface area contributed by atoms with Crippen LogP contribution in [-0.4, -0.2) is 58.8 Å². The summed E-state index contributed by atoms with van der Waals surface area (Å²) in [5.74, 6) is 1.53. The minimum atomic E-state index is 0.172. The van der Waals surface area contributed by atoms with Crippen molar-refractivity contribution in [2.24, 2.45) is 0 Å². The Balaban J connectivity index is 1.11. The Kier molecular flexibility index (Phi) is 7.70. The predicted octanol–water partition coefficient (Wildman–Crippen LogP) is 5.51. The summed E-state index contributed by atoms with van der Waals surface area (Å²) in [5, 5.41) is 4.40. The zero-order chi connectivity index (χ0) is 37.4. The van der Waals surface area contributed by atoms with Crippen LogP contribution < -0.4 is 27.3 Å². The van der Waals surface area contributed by atoms with Gasteiger partial charge in [0.1, 0.15) is 44.8 Å². The minimum absolute atomic E-state index is 0.172. The highest BCUT2D eigenvalue weighted by molar-refractivity contribution is 6.68. The molecule has 3 heterocycles. The molecule has 5 nitrogen and oxygen atoms in total. The predicted molar refractivity (Wildman–Crippen MR) is 230 cm³/mol. The fourth-order valence-electron chi connectivity index (χ4n) is 7.58. The van der Waals surface area contributed by atoms with E-state index in [1.54, 1.807) is 0 Å². The Hall–Kier alpha value is -6.53. The fraction of sp³-hybridized carbons (Fsp3) is 0. The molecular formula is C45H23B5N4O. The van der Waals surface area contributed by atoms with Gasteiger partial charge in [0.2, 0.25) is 0 Å². The molecule has 0 spiro atoms. The number of hydrogen-bond acceptors (Lipinski definition) is 4. The van der Waals surface area contributed by atoms with E-state index in [2.05, 4.69) is 77.4 Å². The second kappa shape index (κ2) is 12.8. The molecular weight excluding hydrogens is 667 g/mol. The SMILES string of the molecule is [B]c1c([B])c([B])c(-c2ccc(-c3nc(-c4ccccc4)nc(-c4ccc5c(c4)oc4c(-n6c7ccccc7c7ccccc76)cccc45)n3)cc2)c([B])c1[B]. The third-order valence-electron chi connectivity index (χ3n) is 10.4. The van der Waals surface area contributed by atoms with E-state index >= 15 is 0 Å². The van der Waals surface area contributed by atoms with Gasteiger partial charge in [-0.3, -0.25) is 0 Å². The standard InChI is InChI=1S/C45H23B5N4O/c46-37-36(38(47)40(49)41(50)39(37)48)24-17-19-26(20-18-24)44-51-43(25-9-2-1-3-10-25)52-45(53-44)27-21-22-30-31-13-8-16-34(42(31)55-35(30)23-27)54-32-14-6-4-11-28(32)29-12-5-7-15-33(29)54/h1-23H. The molecule has 0 saturated heterocycles. The molecule has 0 N–H and O–H groups in total. The van der Waals surface area contributed by atoms with E-state index in [1.165, 1.54) is 10.8 Å². The van der Waals surface area contributed by atoms with Gasteiger partial charge in [-0.15, -0.1) is 16.4 Å². The Morgan fingerprint density at radius 3 is 1.53 bits per heavy atom. The molecule has 0 aliphatic heterocycles. The molecule has 10 radical (unpaired) electrons. The fourth-order valence-corrected chi connectivity index (χ4v) is 7.58. The molecule has 10 rings (SSSR count). The van der Waals surface area contributed by atoms with Gasteiger partial charge in [0.15, 0.2) is 23.1 Å². The summed E-state index contributed by atoms with van der Waals surface area (Å²) in [5.41, 5.74) is 9.51. The van der Waals surface area contributed by atoms with Crippen LogP contribution in [0, 0.1) is 0 Å². The molecule has 55 heavy (non-hydrogen) atoms. The molecule has 0 aliphatic carbocycles. The number of benzene rings is 7. The summed E-state index contributed by atoms with van der Waals surface area (Å²) in [6.45, 7) is 0. The van der Waals surface area contributed by atoms with E-state index in [0.717, 1.165) is 60.9 Å². The van der Waals surface area contributed by atoms with Crippen molar-refractivity contribution >= 4 is 110 Å². The maximum Gasteiger partial charge on any atom is 0.164 e. The lowest BCUT2D eigenvalue weighted by Gasteiger charge is -2.21.